The molecular formula is C13H23O2P. The van der Waals surface area contributed by atoms with Crippen molar-refractivity contribution in [1.82, 2.24) is 0 Å². The topological polar surface area (TPSA) is 40.1 Å². The minimum atomic E-state index is -2.21. The summed E-state index contributed by atoms with van der Waals surface area (Å²) in [5.41, 5.74) is 0.164. The zero-order chi connectivity index (χ0) is 11.6. The highest BCUT2D eigenvalue weighted by Gasteiger charge is 2.51. The molecule has 0 aromatic heterocycles. The van der Waals surface area contributed by atoms with Gasteiger partial charge in [0.05, 0.1) is 0 Å². The number of fused-ring (bicyclic) bond motifs is 2. The van der Waals surface area contributed by atoms with Gasteiger partial charge in [0, 0.05) is 5.41 Å². The van der Waals surface area contributed by atoms with E-state index < -0.39 is 8.03 Å². The van der Waals surface area contributed by atoms with Crippen molar-refractivity contribution < 1.29 is 9.46 Å². The van der Waals surface area contributed by atoms with Crippen LogP contribution in [0.15, 0.2) is 0 Å². The van der Waals surface area contributed by atoms with E-state index >= 15 is 0 Å². The van der Waals surface area contributed by atoms with Crippen LogP contribution in [-0.4, -0.2) is 5.66 Å². The van der Waals surface area contributed by atoms with Gasteiger partial charge in [-0.2, -0.15) is 0 Å². The molecule has 0 amide bonds. The second-order valence-corrected chi connectivity index (χ2v) is 7.00. The minimum Gasteiger partial charge on any atom is -0.595 e. The second kappa shape index (κ2) is 5.14. The maximum absolute atomic E-state index is 11.5. The molecule has 0 spiro atoms. The molecular weight excluding hydrogens is 219 g/mol. The molecule has 2 aliphatic carbocycles. The third-order valence-electron chi connectivity index (χ3n) is 4.82. The van der Waals surface area contributed by atoms with E-state index in [1.807, 2.05) is 0 Å². The van der Waals surface area contributed by atoms with Crippen molar-refractivity contribution in [2.75, 3.05) is 0 Å². The molecule has 0 aromatic carbocycles. The van der Waals surface area contributed by atoms with Gasteiger partial charge in [-0.15, -0.1) is 0 Å². The number of hydrogen-bond acceptors (Lipinski definition) is 2. The molecule has 2 bridgehead atoms. The van der Waals surface area contributed by atoms with Gasteiger partial charge < -0.3 is 4.89 Å². The third-order valence-corrected chi connectivity index (χ3v) is 6.14. The Hall–Kier alpha value is 0.0600. The van der Waals surface area contributed by atoms with Crippen molar-refractivity contribution in [3.8, 4) is 0 Å². The van der Waals surface area contributed by atoms with Gasteiger partial charge in [0.1, 0.15) is 0 Å². The fraction of sp³-hybridized carbons (Fsp3) is 1.00. The first-order valence-electron chi connectivity index (χ1n) is 6.81. The lowest BCUT2D eigenvalue weighted by Gasteiger charge is -2.47. The molecule has 2 nitrogen and oxygen atoms in total. The summed E-state index contributed by atoms with van der Waals surface area (Å²) in [6.07, 6.45) is 10.6. The summed E-state index contributed by atoms with van der Waals surface area (Å²) in [6.45, 7) is 2.20. The summed E-state index contributed by atoms with van der Waals surface area (Å²) in [5.74, 6) is 0.830. The largest absolute Gasteiger partial charge is 0.595 e. The molecule has 3 heteroatoms. The van der Waals surface area contributed by atoms with Crippen LogP contribution < -0.4 is 4.89 Å². The van der Waals surface area contributed by atoms with Crippen LogP contribution in [0.2, 0.25) is 0 Å². The Kier molecular flexibility index (Phi) is 4.02. The molecule has 2 aliphatic rings. The van der Waals surface area contributed by atoms with Gasteiger partial charge in [-0.3, -0.25) is 0 Å². The van der Waals surface area contributed by atoms with Gasteiger partial charge in [0.2, 0.25) is 0 Å². The predicted molar refractivity (Wildman–Crippen MR) is 64.5 cm³/mol. The van der Waals surface area contributed by atoms with Crippen molar-refractivity contribution in [1.29, 1.82) is 0 Å². The first kappa shape index (κ1) is 12.5. The lowest BCUT2D eigenvalue weighted by atomic mass is 9.60. The molecule has 0 aliphatic heterocycles. The molecule has 4 atom stereocenters. The van der Waals surface area contributed by atoms with Crippen LogP contribution in [-0.2, 0) is 4.57 Å². The van der Waals surface area contributed by atoms with Crippen LogP contribution in [0.25, 0.3) is 0 Å². The molecule has 0 aromatic rings. The van der Waals surface area contributed by atoms with Crippen molar-refractivity contribution in [3.63, 3.8) is 0 Å². The van der Waals surface area contributed by atoms with Crippen LogP contribution in [0.5, 0.6) is 0 Å². The SMILES string of the molecule is CCCCC12CCCC(CCC1[P+](=O)[O-])C2. The summed E-state index contributed by atoms with van der Waals surface area (Å²) in [4.78, 5) is 11.5. The minimum absolute atomic E-state index is 0.00870. The van der Waals surface area contributed by atoms with Gasteiger partial charge in [-0.05, 0) is 38.0 Å². The van der Waals surface area contributed by atoms with E-state index in [1.165, 1.54) is 32.1 Å². The van der Waals surface area contributed by atoms with E-state index in [0.717, 1.165) is 31.6 Å². The summed E-state index contributed by atoms with van der Waals surface area (Å²) in [6, 6.07) is 0. The van der Waals surface area contributed by atoms with Gasteiger partial charge >= 0.3 is 8.03 Å². The maximum atomic E-state index is 11.5. The molecule has 0 heterocycles. The number of unbranched alkanes of at least 4 members (excludes halogenated alkanes) is 1. The Morgan fingerprint density at radius 1 is 1.38 bits per heavy atom. The summed E-state index contributed by atoms with van der Waals surface area (Å²) in [5, 5.41) is 0. The lowest BCUT2D eigenvalue weighted by Crippen LogP contribution is -2.43. The molecule has 2 fully saturated rings. The first-order chi connectivity index (χ1) is 7.68. The Morgan fingerprint density at radius 2 is 2.19 bits per heavy atom. The number of rotatable bonds is 4. The van der Waals surface area contributed by atoms with Gasteiger partial charge in [-0.1, -0.05) is 37.2 Å². The molecule has 16 heavy (non-hydrogen) atoms. The van der Waals surface area contributed by atoms with Crippen molar-refractivity contribution in [2.24, 2.45) is 11.3 Å². The van der Waals surface area contributed by atoms with E-state index in [2.05, 4.69) is 6.92 Å². The highest BCUT2D eigenvalue weighted by atomic mass is 31.1. The van der Waals surface area contributed by atoms with E-state index in [4.69, 9.17) is 0 Å². The highest BCUT2D eigenvalue weighted by molar-refractivity contribution is 7.37. The van der Waals surface area contributed by atoms with Crippen LogP contribution in [0.4, 0.5) is 0 Å². The van der Waals surface area contributed by atoms with Crippen molar-refractivity contribution >= 4 is 8.03 Å². The first-order valence-corrected chi connectivity index (χ1v) is 8.06. The summed E-state index contributed by atoms with van der Waals surface area (Å²) >= 11 is 0. The molecule has 4 unspecified atom stereocenters. The molecule has 0 saturated heterocycles. The Bertz CT molecular complexity index is 267. The lowest BCUT2D eigenvalue weighted by molar-refractivity contribution is -0.171. The van der Waals surface area contributed by atoms with E-state index in [-0.39, 0.29) is 11.1 Å². The van der Waals surface area contributed by atoms with Crippen molar-refractivity contribution in [3.05, 3.63) is 0 Å². The zero-order valence-electron chi connectivity index (χ0n) is 10.3. The van der Waals surface area contributed by atoms with Crippen LogP contribution in [0, 0.1) is 11.3 Å². The van der Waals surface area contributed by atoms with Crippen molar-refractivity contribution in [2.45, 2.75) is 70.4 Å². The summed E-state index contributed by atoms with van der Waals surface area (Å²) in [7, 11) is -2.21. The van der Waals surface area contributed by atoms with Crippen LogP contribution >= 0.6 is 8.03 Å². The van der Waals surface area contributed by atoms with Crippen LogP contribution in [0.1, 0.15) is 64.7 Å². The Morgan fingerprint density at radius 3 is 2.88 bits per heavy atom. The fourth-order valence-electron chi connectivity index (χ4n) is 4.02. The smallest absolute Gasteiger partial charge is 0.312 e. The third kappa shape index (κ3) is 2.33. The summed E-state index contributed by atoms with van der Waals surface area (Å²) < 4.78 is 11.5. The zero-order valence-corrected chi connectivity index (χ0v) is 11.2. The Labute approximate surface area is 99.7 Å². The van der Waals surface area contributed by atoms with Gasteiger partial charge in [0.15, 0.2) is 5.66 Å². The van der Waals surface area contributed by atoms with Gasteiger partial charge in [0.25, 0.3) is 0 Å². The second-order valence-electron chi connectivity index (χ2n) is 5.81. The highest BCUT2D eigenvalue weighted by Crippen LogP contribution is 2.57. The fourth-order valence-corrected chi connectivity index (χ4v) is 5.19. The average Bonchev–Trinajstić information content (AvgIpc) is 2.26. The van der Waals surface area contributed by atoms with E-state index in [1.54, 1.807) is 0 Å². The molecule has 2 saturated carbocycles. The monoisotopic (exact) mass is 242 g/mol. The Balaban J connectivity index is 2.14. The standard InChI is InChI=1S/C13H23O2P/c1-2-3-8-13-9-4-5-11(10-13)6-7-12(13)16(14)15/h11-12H,2-10H2,1H3. The molecule has 92 valence electrons. The predicted octanol–water partition coefficient (Wildman–Crippen LogP) is 3.62. The van der Waals surface area contributed by atoms with E-state index in [0.29, 0.717) is 0 Å². The normalized spacial score (nSPS) is 39.5. The number of hydrogen-bond donors (Lipinski definition) is 0. The van der Waals surface area contributed by atoms with Crippen LogP contribution in [0.3, 0.4) is 0 Å². The van der Waals surface area contributed by atoms with E-state index in [9.17, 15) is 9.46 Å². The maximum Gasteiger partial charge on any atom is 0.312 e. The molecule has 0 radical (unpaired) electrons. The molecule has 2 rings (SSSR count). The quantitative estimate of drug-likeness (QED) is 0.706. The van der Waals surface area contributed by atoms with Gasteiger partial charge in [-0.25, -0.2) is 0 Å². The molecule has 0 N–H and O–H groups in total. The average molecular weight is 242 g/mol.